The molecule has 4 heterocycles. The van der Waals surface area contributed by atoms with Crippen molar-refractivity contribution in [2.45, 2.75) is 45.1 Å². The fourth-order valence-electron chi connectivity index (χ4n) is 4.07. The smallest absolute Gasteiger partial charge is 0.410 e. The Balaban J connectivity index is 1.63. The quantitative estimate of drug-likeness (QED) is 0.580. The van der Waals surface area contributed by atoms with Gasteiger partial charge < -0.3 is 14.5 Å². The van der Waals surface area contributed by atoms with Gasteiger partial charge in [0.15, 0.2) is 5.65 Å². The summed E-state index contributed by atoms with van der Waals surface area (Å²) in [4.78, 5) is 25.8. The molecule has 0 N–H and O–H groups in total. The van der Waals surface area contributed by atoms with Crippen LogP contribution in [-0.4, -0.2) is 63.4 Å². The van der Waals surface area contributed by atoms with Crippen LogP contribution in [0, 0.1) is 0 Å². The minimum atomic E-state index is -0.488. The predicted molar refractivity (Wildman–Crippen MR) is 130 cm³/mol. The van der Waals surface area contributed by atoms with Crippen molar-refractivity contribution in [1.29, 1.82) is 0 Å². The Kier molecular flexibility index (Phi) is 6.10. The van der Waals surface area contributed by atoms with E-state index in [-0.39, 0.29) is 12.0 Å². The number of piperidine rings is 1. The van der Waals surface area contributed by atoms with E-state index in [9.17, 15) is 4.79 Å². The van der Waals surface area contributed by atoms with Crippen molar-refractivity contribution in [3.8, 4) is 11.1 Å². The maximum atomic E-state index is 12.4. The van der Waals surface area contributed by atoms with Crippen LogP contribution in [0.2, 0.25) is 0 Å². The van der Waals surface area contributed by atoms with E-state index >= 15 is 0 Å². The van der Waals surface area contributed by atoms with E-state index in [0.29, 0.717) is 13.1 Å². The summed E-state index contributed by atoms with van der Waals surface area (Å²) in [6, 6.07) is 6.07. The summed E-state index contributed by atoms with van der Waals surface area (Å²) in [5, 5.41) is 4.61. The SMILES string of the molecule is C=Cc1ccc(-c2cnn3c(N(C)C)cc(C4CCN(C(=O)OC(C)(C)C)CC4)nc23)cn1. The number of ether oxygens (including phenoxy) is 1. The molecule has 1 aliphatic heterocycles. The van der Waals surface area contributed by atoms with Crippen molar-refractivity contribution < 1.29 is 9.53 Å². The lowest BCUT2D eigenvalue weighted by Gasteiger charge is -2.33. The first-order chi connectivity index (χ1) is 15.7. The van der Waals surface area contributed by atoms with Crippen molar-refractivity contribution >= 4 is 23.6 Å². The van der Waals surface area contributed by atoms with Crippen LogP contribution < -0.4 is 4.90 Å². The molecular formula is C25H32N6O2. The summed E-state index contributed by atoms with van der Waals surface area (Å²) < 4.78 is 7.41. The zero-order chi connectivity index (χ0) is 23.8. The normalized spacial score (nSPS) is 15.0. The number of anilines is 1. The molecule has 4 rings (SSSR count). The molecule has 8 heteroatoms. The fourth-order valence-corrected chi connectivity index (χ4v) is 4.07. The Morgan fingerprint density at radius 3 is 2.52 bits per heavy atom. The second kappa shape index (κ2) is 8.84. The van der Waals surface area contributed by atoms with Gasteiger partial charge >= 0.3 is 6.09 Å². The molecular weight excluding hydrogens is 416 g/mol. The van der Waals surface area contributed by atoms with Crippen molar-refractivity contribution in [3.63, 3.8) is 0 Å². The van der Waals surface area contributed by atoms with Crippen LogP contribution >= 0.6 is 0 Å². The third kappa shape index (κ3) is 4.84. The molecule has 0 saturated carbocycles. The van der Waals surface area contributed by atoms with E-state index in [1.165, 1.54) is 0 Å². The van der Waals surface area contributed by atoms with Gasteiger partial charge in [-0.05, 0) is 45.8 Å². The van der Waals surface area contributed by atoms with Gasteiger partial charge in [-0.1, -0.05) is 12.6 Å². The van der Waals surface area contributed by atoms with Gasteiger partial charge in [0.05, 0.1) is 11.9 Å². The summed E-state index contributed by atoms with van der Waals surface area (Å²) in [5.41, 5.74) is 4.07. The predicted octanol–water partition coefficient (Wildman–Crippen LogP) is 4.61. The number of hydrogen-bond donors (Lipinski definition) is 0. The lowest BCUT2D eigenvalue weighted by molar-refractivity contribution is 0.0204. The van der Waals surface area contributed by atoms with Gasteiger partial charge in [0.1, 0.15) is 11.4 Å². The highest BCUT2D eigenvalue weighted by atomic mass is 16.6. The molecule has 0 unspecified atom stereocenters. The Bertz CT molecular complexity index is 1150. The van der Waals surface area contributed by atoms with Crippen LogP contribution in [0.25, 0.3) is 22.9 Å². The first-order valence-electron chi connectivity index (χ1n) is 11.3. The summed E-state index contributed by atoms with van der Waals surface area (Å²) in [7, 11) is 4.01. The summed E-state index contributed by atoms with van der Waals surface area (Å²) in [5.74, 6) is 1.22. The Morgan fingerprint density at radius 1 is 1.21 bits per heavy atom. The van der Waals surface area contributed by atoms with Crippen LogP contribution in [0.3, 0.4) is 0 Å². The first kappa shape index (κ1) is 22.8. The average molecular weight is 449 g/mol. The molecule has 1 aliphatic rings. The highest BCUT2D eigenvalue weighted by Gasteiger charge is 2.29. The fraction of sp³-hybridized carbons (Fsp3) is 0.440. The standard InChI is InChI=1S/C25H32N6O2/c1-7-19-9-8-18(15-26-19)20-16-27-31-22(29(5)6)14-21(28-23(20)31)17-10-12-30(13-11-17)24(32)33-25(2,3)4/h7-9,14-17H,1,10-13H2,2-6H3. The molecule has 174 valence electrons. The van der Waals surface area contributed by atoms with E-state index in [1.807, 2.05) is 68.8 Å². The van der Waals surface area contributed by atoms with E-state index < -0.39 is 5.60 Å². The molecule has 0 spiro atoms. The average Bonchev–Trinajstić information content (AvgIpc) is 3.21. The molecule has 0 aromatic carbocycles. The minimum absolute atomic E-state index is 0.244. The van der Waals surface area contributed by atoms with Gasteiger partial charge in [-0.25, -0.2) is 9.78 Å². The number of carbonyl (C=O) groups excluding carboxylic acids is 1. The molecule has 0 radical (unpaired) electrons. The number of fused-ring (bicyclic) bond motifs is 1. The second-order valence-corrected chi connectivity index (χ2v) is 9.64. The molecule has 1 amide bonds. The van der Waals surface area contributed by atoms with Gasteiger partial charge in [0, 0.05) is 62.2 Å². The Morgan fingerprint density at radius 2 is 1.94 bits per heavy atom. The van der Waals surface area contributed by atoms with Gasteiger partial charge in [0.25, 0.3) is 0 Å². The second-order valence-electron chi connectivity index (χ2n) is 9.64. The highest BCUT2D eigenvalue weighted by molar-refractivity contribution is 5.78. The zero-order valence-electron chi connectivity index (χ0n) is 20.1. The summed E-state index contributed by atoms with van der Waals surface area (Å²) in [6.07, 6.45) is 6.84. The molecule has 33 heavy (non-hydrogen) atoms. The molecule has 0 atom stereocenters. The van der Waals surface area contributed by atoms with Crippen LogP contribution in [0.1, 0.15) is 50.9 Å². The van der Waals surface area contributed by atoms with Crippen molar-refractivity contribution in [2.75, 3.05) is 32.1 Å². The largest absolute Gasteiger partial charge is 0.444 e. The van der Waals surface area contributed by atoms with Crippen LogP contribution in [0.15, 0.2) is 37.2 Å². The number of aromatic nitrogens is 4. The number of likely N-dealkylation sites (tertiary alicyclic amines) is 1. The molecule has 0 aliphatic carbocycles. The molecule has 3 aromatic rings. The maximum Gasteiger partial charge on any atom is 0.410 e. The molecule has 0 bridgehead atoms. The van der Waals surface area contributed by atoms with Crippen LogP contribution in [0.5, 0.6) is 0 Å². The van der Waals surface area contributed by atoms with Crippen molar-refractivity contribution in [3.05, 3.63) is 48.6 Å². The molecule has 3 aromatic heterocycles. The topological polar surface area (TPSA) is 75.9 Å². The van der Waals surface area contributed by atoms with Crippen LogP contribution in [-0.2, 0) is 4.74 Å². The van der Waals surface area contributed by atoms with E-state index in [4.69, 9.17) is 9.72 Å². The van der Waals surface area contributed by atoms with Gasteiger partial charge in [-0.15, -0.1) is 0 Å². The van der Waals surface area contributed by atoms with Crippen LogP contribution in [0.4, 0.5) is 10.6 Å². The van der Waals surface area contributed by atoms with Crippen molar-refractivity contribution in [1.82, 2.24) is 24.5 Å². The van der Waals surface area contributed by atoms with E-state index in [0.717, 1.165) is 46.8 Å². The van der Waals surface area contributed by atoms with Crippen molar-refractivity contribution in [2.24, 2.45) is 0 Å². The molecule has 8 nitrogen and oxygen atoms in total. The molecule has 1 saturated heterocycles. The minimum Gasteiger partial charge on any atom is -0.444 e. The monoisotopic (exact) mass is 448 g/mol. The Labute approximate surface area is 194 Å². The Hall–Kier alpha value is -3.42. The van der Waals surface area contributed by atoms with Gasteiger partial charge in [-0.2, -0.15) is 9.61 Å². The molecule has 1 fully saturated rings. The van der Waals surface area contributed by atoms with E-state index in [1.54, 1.807) is 11.0 Å². The number of hydrogen-bond acceptors (Lipinski definition) is 6. The number of amides is 1. The lowest BCUT2D eigenvalue weighted by Crippen LogP contribution is -2.41. The number of carbonyl (C=O) groups is 1. The summed E-state index contributed by atoms with van der Waals surface area (Å²) in [6.45, 7) is 10.8. The maximum absolute atomic E-state index is 12.4. The highest BCUT2D eigenvalue weighted by Crippen LogP contribution is 2.32. The van der Waals surface area contributed by atoms with Gasteiger partial charge in [-0.3, -0.25) is 4.98 Å². The number of pyridine rings is 1. The van der Waals surface area contributed by atoms with Gasteiger partial charge in [0.2, 0.25) is 0 Å². The van der Waals surface area contributed by atoms with E-state index in [2.05, 4.69) is 22.7 Å². The third-order valence-corrected chi connectivity index (χ3v) is 5.80. The number of nitrogens with zero attached hydrogens (tertiary/aromatic N) is 6. The first-order valence-corrected chi connectivity index (χ1v) is 11.3. The third-order valence-electron chi connectivity index (χ3n) is 5.80. The summed E-state index contributed by atoms with van der Waals surface area (Å²) >= 11 is 0. The lowest BCUT2D eigenvalue weighted by atomic mass is 9.93. The number of rotatable bonds is 4. The zero-order valence-corrected chi connectivity index (χ0v) is 20.1.